The fourth-order valence-corrected chi connectivity index (χ4v) is 5.07. The van der Waals surface area contributed by atoms with Crippen molar-refractivity contribution in [2.45, 2.75) is 25.8 Å². The van der Waals surface area contributed by atoms with Gasteiger partial charge in [-0.15, -0.1) is 11.3 Å². The molecule has 4 nitrogen and oxygen atoms in total. The van der Waals surface area contributed by atoms with Crippen LogP contribution in [-0.4, -0.2) is 19.5 Å². The van der Waals surface area contributed by atoms with Gasteiger partial charge in [0.25, 0.3) is 5.91 Å². The minimum absolute atomic E-state index is 0.0373. The van der Waals surface area contributed by atoms with Gasteiger partial charge in [-0.2, -0.15) is 5.26 Å². The van der Waals surface area contributed by atoms with Gasteiger partial charge in [-0.25, -0.2) is 0 Å². The zero-order chi connectivity index (χ0) is 18.8. The summed E-state index contributed by atoms with van der Waals surface area (Å²) in [6.07, 6.45) is 3.10. The number of hydrogen-bond acceptors (Lipinski definition) is 3. The molecule has 1 aliphatic carbocycles. The summed E-state index contributed by atoms with van der Waals surface area (Å²) in [6.45, 7) is 1.16. The molecule has 136 valence electrons. The van der Waals surface area contributed by atoms with Gasteiger partial charge in [0.2, 0.25) is 0 Å². The summed E-state index contributed by atoms with van der Waals surface area (Å²) in [5.41, 5.74) is 3.04. The topological polar surface area (TPSA) is 57.3 Å². The number of likely N-dealkylation sites (N-methyl/N-ethyl adjacent to an activating group) is 1. The van der Waals surface area contributed by atoms with Crippen LogP contribution >= 0.6 is 11.3 Å². The first-order chi connectivity index (χ1) is 13.1. The van der Waals surface area contributed by atoms with E-state index in [-0.39, 0.29) is 5.91 Å². The highest BCUT2D eigenvalue weighted by Gasteiger charge is 2.23. The summed E-state index contributed by atoms with van der Waals surface area (Å²) in [7, 11) is 2.02. The molecule has 1 amide bonds. The van der Waals surface area contributed by atoms with Gasteiger partial charge in [-0.1, -0.05) is 36.4 Å². The van der Waals surface area contributed by atoms with E-state index in [0.29, 0.717) is 12.1 Å². The molecule has 27 heavy (non-hydrogen) atoms. The molecule has 1 atom stereocenters. The summed E-state index contributed by atoms with van der Waals surface area (Å²) in [4.78, 5) is 14.9. The SMILES string of the molecule is C[NH+](CC(=O)Nc1sc2c(c1C#N)CCC2)Cc1ccc2ccccc2c1. The first-order valence-electron chi connectivity index (χ1n) is 9.27. The second-order valence-electron chi connectivity index (χ2n) is 7.21. The van der Waals surface area contributed by atoms with E-state index in [1.165, 1.54) is 21.2 Å². The number of quaternary nitrogens is 1. The molecule has 0 aliphatic heterocycles. The Kier molecular flexibility index (Phi) is 4.93. The van der Waals surface area contributed by atoms with Crippen LogP contribution in [-0.2, 0) is 24.2 Å². The Morgan fingerprint density at radius 3 is 2.85 bits per heavy atom. The third kappa shape index (κ3) is 3.73. The van der Waals surface area contributed by atoms with E-state index in [2.05, 4.69) is 41.7 Å². The quantitative estimate of drug-likeness (QED) is 0.719. The van der Waals surface area contributed by atoms with Crippen LogP contribution in [0, 0.1) is 11.3 Å². The van der Waals surface area contributed by atoms with E-state index < -0.39 is 0 Å². The van der Waals surface area contributed by atoms with E-state index in [1.54, 1.807) is 11.3 Å². The number of aryl methyl sites for hydroxylation is 1. The number of amides is 1. The molecule has 0 fully saturated rings. The molecule has 0 radical (unpaired) electrons. The number of hydrogen-bond donors (Lipinski definition) is 2. The highest BCUT2D eigenvalue weighted by molar-refractivity contribution is 7.16. The number of nitrogens with zero attached hydrogens (tertiary/aromatic N) is 1. The number of carbonyl (C=O) groups excluding carboxylic acids is 1. The summed E-state index contributed by atoms with van der Waals surface area (Å²) in [5, 5.41) is 15.6. The van der Waals surface area contributed by atoms with Crippen molar-refractivity contribution in [3.05, 3.63) is 64.0 Å². The Hall–Kier alpha value is -2.68. The number of thiophene rings is 1. The molecule has 1 heterocycles. The van der Waals surface area contributed by atoms with Gasteiger partial charge >= 0.3 is 0 Å². The zero-order valence-corrected chi connectivity index (χ0v) is 16.2. The highest BCUT2D eigenvalue weighted by Crippen LogP contribution is 2.38. The molecule has 1 unspecified atom stereocenters. The molecule has 5 heteroatoms. The Balaban J connectivity index is 1.40. The van der Waals surface area contributed by atoms with Crippen LogP contribution in [0.2, 0.25) is 0 Å². The largest absolute Gasteiger partial charge is 0.326 e. The molecule has 3 aromatic rings. The van der Waals surface area contributed by atoms with Crippen molar-refractivity contribution in [3.63, 3.8) is 0 Å². The predicted octanol–water partition coefficient (Wildman–Crippen LogP) is 2.92. The van der Waals surface area contributed by atoms with Crippen LogP contribution < -0.4 is 10.2 Å². The molecule has 2 N–H and O–H groups in total. The molecular formula is C22H22N3OS+. The van der Waals surface area contributed by atoms with Crippen LogP contribution in [0.5, 0.6) is 0 Å². The van der Waals surface area contributed by atoms with Crippen molar-refractivity contribution in [1.29, 1.82) is 5.26 Å². The average molecular weight is 377 g/mol. The molecule has 2 aromatic carbocycles. The zero-order valence-electron chi connectivity index (χ0n) is 15.3. The van der Waals surface area contributed by atoms with E-state index in [4.69, 9.17) is 0 Å². The Morgan fingerprint density at radius 2 is 2.04 bits per heavy atom. The lowest BCUT2D eigenvalue weighted by atomic mass is 10.1. The van der Waals surface area contributed by atoms with Crippen LogP contribution in [0.25, 0.3) is 10.8 Å². The lowest BCUT2D eigenvalue weighted by molar-refractivity contribution is -0.885. The molecule has 4 rings (SSSR count). The number of anilines is 1. The minimum atomic E-state index is -0.0373. The third-order valence-corrected chi connectivity index (χ3v) is 6.28. The lowest BCUT2D eigenvalue weighted by Gasteiger charge is -2.14. The monoisotopic (exact) mass is 376 g/mol. The molecular weight excluding hydrogens is 354 g/mol. The normalized spacial score (nSPS) is 13.9. The number of nitrogens with one attached hydrogen (secondary N) is 2. The van der Waals surface area contributed by atoms with Crippen LogP contribution in [0.1, 0.15) is 28.0 Å². The van der Waals surface area contributed by atoms with Gasteiger partial charge in [0, 0.05) is 10.4 Å². The second kappa shape index (κ2) is 7.51. The average Bonchev–Trinajstić information content (AvgIpc) is 3.22. The number of nitriles is 1. The first-order valence-corrected chi connectivity index (χ1v) is 10.1. The standard InChI is InChI=1S/C22H21N3OS/c1-25(13-15-9-10-16-5-2-3-6-17(16)11-15)14-21(26)24-22-19(12-23)18-7-4-8-20(18)27-22/h2-3,5-6,9-11H,4,7-8,13-14H2,1H3,(H,24,26)/p+1. The molecule has 0 saturated carbocycles. The molecule has 1 aromatic heterocycles. The third-order valence-electron chi connectivity index (χ3n) is 5.07. The van der Waals surface area contributed by atoms with Gasteiger partial charge in [0.15, 0.2) is 6.54 Å². The van der Waals surface area contributed by atoms with Crippen LogP contribution in [0.3, 0.4) is 0 Å². The maximum Gasteiger partial charge on any atom is 0.280 e. The van der Waals surface area contributed by atoms with E-state index in [0.717, 1.165) is 41.3 Å². The summed E-state index contributed by atoms with van der Waals surface area (Å²) >= 11 is 1.57. The molecule has 0 bridgehead atoms. The van der Waals surface area contributed by atoms with Crippen molar-refractivity contribution < 1.29 is 9.69 Å². The molecule has 0 saturated heterocycles. The van der Waals surface area contributed by atoms with Gasteiger partial charge in [-0.3, -0.25) is 4.79 Å². The second-order valence-corrected chi connectivity index (χ2v) is 8.32. The number of carbonyl (C=O) groups is 1. The smallest absolute Gasteiger partial charge is 0.280 e. The first kappa shape index (κ1) is 17.7. The van der Waals surface area contributed by atoms with Crippen molar-refractivity contribution in [2.24, 2.45) is 0 Å². The summed E-state index contributed by atoms with van der Waals surface area (Å²) in [5.74, 6) is -0.0373. The van der Waals surface area contributed by atoms with Gasteiger partial charge in [0.1, 0.15) is 17.6 Å². The number of benzene rings is 2. The van der Waals surface area contributed by atoms with Crippen LogP contribution in [0.15, 0.2) is 42.5 Å². The predicted molar refractivity (Wildman–Crippen MR) is 109 cm³/mol. The Bertz CT molecular complexity index is 1050. The molecule has 1 aliphatic rings. The fraction of sp³-hybridized carbons (Fsp3) is 0.273. The Labute approximate surface area is 163 Å². The highest BCUT2D eigenvalue weighted by atomic mass is 32.1. The van der Waals surface area contributed by atoms with E-state index >= 15 is 0 Å². The lowest BCUT2D eigenvalue weighted by Crippen LogP contribution is -3.08. The van der Waals surface area contributed by atoms with Gasteiger partial charge in [-0.05, 0) is 41.7 Å². The van der Waals surface area contributed by atoms with E-state index in [1.807, 2.05) is 19.2 Å². The van der Waals surface area contributed by atoms with Crippen molar-refractivity contribution in [1.82, 2.24) is 0 Å². The maximum absolute atomic E-state index is 12.5. The minimum Gasteiger partial charge on any atom is -0.326 e. The maximum atomic E-state index is 12.5. The van der Waals surface area contributed by atoms with Crippen molar-refractivity contribution >= 4 is 33.0 Å². The Morgan fingerprint density at radius 1 is 1.22 bits per heavy atom. The van der Waals surface area contributed by atoms with Crippen LogP contribution in [0.4, 0.5) is 5.00 Å². The molecule has 0 spiro atoms. The van der Waals surface area contributed by atoms with E-state index in [9.17, 15) is 10.1 Å². The summed E-state index contributed by atoms with van der Waals surface area (Å²) in [6, 6.07) is 17.0. The fourth-order valence-electron chi connectivity index (χ4n) is 3.82. The number of rotatable bonds is 5. The summed E-state index contributed by atoms with van der Waals surface area (Å²) < 4.78 is 0. The van der Waals surface area contributed by atoms with Crippen molar-refractivity contribution in [2.75, 3.05) is 18.9 Å². The van der Waals surface area contributed by atoms with Crippen molar-refractivity contribution in [3.8, 4) is 6.07 Å². The van der Waals surface area contributed by atoms with Gasteiger partial charge in [0.05, 0.1) is 12.6 Å². The number of fused-ring (bicyclic) bond motifs is 2. The van der Waals surface area contributed by atoms with Gasteiger partial charge < -0.3 is 10.2 Å².